The van der Waals surface area contributed by atoms with Crippen molar-refractivity contribution in [2.24, 2.45) is 5.92 Å². The Labute approximate surface area is 222 Å². The molecule has 1 amide bonds. The van der Waals surface area contributed by atoms with Gasteiger partial charge in [0.05, 0.1) is 5.56 Å². The molecule has 3 aliphatic rings. The minimum absolute atomic E-state index is 0. The fraction of sp³-hybridized carbons (Fsp3) is 0.419. The van der Waals surface area contributed by atoms with Crippen molar-refractivity contribution in [3.63, 3.8) is 0 Å². The third kappa shape index (κ3) is 9.40. The van der Waals surface area contributed by atoms with Gasteiger partial charge >= 0.3 is 6.18 Å². The van der Waals surface area contributed by atoms with Gasteiger partial charge in [0.15, 0.2) is 0 Å². The smallest absolute Gasteiger partial charge is 0.348 e. The first kappa shape index (κ1) is 28.5. The molecule has 4 rings (SSSR count). The molecule has 37 heavy (non-hydrogen) atoms. The van der Waals surface area contributed by atoms with Gasteiger partial charge in [0.2, 0.25) is 0 Å². The topological polar surface area (TPSA) is 41.1 Å². The SMILES string of the molecule is C#CC1=C/C=C/C=C(C(=O)N[C@H]2CCNC2)/C=C\1.[CH2]C1CCCC(c2ccc(C(F)(F)F)cc2)CCC1.[HH].[HH]. The monoisotopic (exact) mass is 513 g/mol. The van der Waals surface area contributed by atoms with Crippen LogP contribution < -0.4 is 10.6 Å². The zero-order valence-electron chi connectivity index (χ0n) is 21.2. The van der Waals surface area contributed by atoms with Crippen LogP contribution in [-0.4, -0.2) is 25.0 Å². The van der Waals surface area contributed by atoms with E-state index in [0.29, 0.717) is 17.4 Å². The molecule has 0 unspecified atom stereocenters. The van der Waals surface area contributed by atoms with E-state index in [0.717, 1.165) is 69.2 Å². The number of terminal acetylenes is 1. The maximum Gasteiger partial charge on any atom is 0.416 e. The van der Waals surface area contributed by atoms with E-state index in [2.05, 4.69) is 23.5 Å². The van der Waals surface area contributed by atoms with Crippen molar-refractivity contribution >= 4 is 5.91 Å². The van der Waals surface area contributed by atoms with Crippen LogP contribution in [0.4, 0.5) is 13.2 Å². The molecule has 2 N–H and O–H groups in total. The Morgan fingerprint density at radius 3 is 2.30 bits per heavy atom. The van der Waals surface area contributed by atoms with E-state index in [1.807, 2.05) is 18.2 Å². The molecule has 1 heterocycles. The van der Waals surface area contributed by atoms with E-state index < -0.39 is 11.7 Å². The number of carbonyl (C=O) groups excluding carboxylic acids is 1. The molecule has 2 fully saturated rings. The summed E-state index contributed by atoms with van der Waals surface area (Å²) in [7, 11) is 0. The molecule has 6 heteroatoms. The first-order valence-corrected chi connectivity index (χ1v) is 13.0. The molecule has 0 spiro atoms. The van der Waals surface area contributed by atoms with Gasteiger partial charge in [-0.3, -0.25) is 4.79 Å². The van der Waals surface area contributed by atoms with Crippen molar-refractivity contribution in [1.82, 2.24) is 10.6 Å². The van der Waals surface area contributed by atoms with Crippen LogP contribution in [0.3, 0.4) is 0 Å². The van der Waals surface area contributed by atoms with Crippen LogP contribution in [0.5, 0.6) is 0 Å². The Morgan fingerprint density at radius 2 is 1.70 bits per heavy atom. The van der Waals surface area contributed by atoms with Gasteiger partial charge in [0, 0.05) is 26.6 Å². The van der Waals surface area contributed by atoms with Crippen LogP contribution in [-0.2, 0) is 11.0 Å². The van der Waals surface area contributed by atoms with Gasteiger partial charge in [0.1, 0.15) is 0 Å². The number of amides is 1. The Balaban J connectivity index is 0.000000371. The van der Waals surface area contributed by atoms with E-state index in [9.17, 15) is 18.0 Å². The Hall–Kier alpha value is -3.04. The first-order chi connectivity index (χ1) is 17.8. The van der Waals surface area contributed by atoms with Crippen molar-refractivity contribution < 1.29 is 20.8 Å². The van der Waals surface area contributed by atoms with E-state index >= 15 is 0 Å². The summed E-state index contributed by atoms with van der Waals surface area (Å²) in [6.07, 6.45) is 19.6. The number of halogens is 3. The summed E-state index contributed by atoms with van der Waals surface area (Å²) < 4.78 is 37.5. The Morgan fingerprint density at radius 1 is 1.03 bits per heavy atom. The molecule has 0 bridgehead atoms. The highest BCUT2D eigenvalue weighted by atomic mass is 19.4. The van der Waals surface area contributed by atoms with Gasteiger partial charge in [-0.05, 0) is 79.6 Å². The number of benzene rings is 1. The number of rotatable bonds is 3. The standard InChI is InChI=1S/C16H20F3.C15H16N2O.2H2/c1-12-4-2-6-13(7-3-5-12)14-8-10-15(11-9-14)16(17,18)19;1-2-12-5-3-4-6-13(8-7-12)15(18)17-14-9-10-16-11-14;;/h8-13H,1-7H2;1,3-8,14,16H,9-11H2,(H,17,18);2*1H/b;4-3+,5-3?,6-4?,8-7-,12-5-,12-7?,13-6-,13-8?;;/t;14-;;/m.0../s1. The zero-order chi connectivity index (χ0) is 26.7. The second-order valence-corrected chi connectivity index (χ2v) is 9.81. The van der Waals surface area contributed by atoms with E-state index in [1.54, 1.807) is 30.4 Å². The zero-order valence-corrected chi connectivity index (χ0v) is 21.2. The van der Waals surface area contributed by atoms with E-state index in [1.165, 1.54) is 12.1 Å². The van der Waals surface area contributed by atoms with Gasteiger partial charge in [-0.15, -0.1) is 6.42 Å². The minimum Gasteiger partial charge on any atom is -0.348 e. The molecule has 201 valence electrons. The normalized spacial score (nSPS) is 28.7. The van der Waals surface area contributed by atoms with Crippen LogP contribution in [0.25, 0.3) is 0 Å². The van der Waals surface area contributed by atoms with Crippen molar-refractivity contribution in [3.8, 4) is 12.3 Å². The summed E-state index contributed by atoms with van der Waals surface area (Å²) in [5.41, 5.74) is 1.88. The highest BCUT2D eigenvalue weighted by Gasteiger charge is 2.30. The van der Waals surface area contributed by atoms with Crippen LogP contribution in [0.15, 0.2) is 71.9 Å². The molecule has 1 aromatic carbocycles. The van der Waals surface area contributed by atoms with Crippen LogP contribution >= 0.6 is 0 Å². The lowest BCUT2D eigenvalue weighted by atomic mass is 9.83. The highest BCUT2D eigenvalue weighted by molar-refractivity contribution is 5.97. The molecule has 2 aliphatic carbocycles. The van der Waals surface area contributed by atoms with Crippen LogP contribution in [0.1, 0.15) is 64.8 Å². The average molecular weight is 514 g/mol. The summed E-state index contributed by atoms with van der Waals surface area (Å²) in [6, 6.07) is 5.94. The lowest BCUT2D eigenvalue weighted by Crippen LogP contribution is -2.36. The largest absolute Gasteiger partial charge is 0.416 e. The fourth-order valence-corrected chi connectivity index (χ4v) is 4.78. The summed E-state index contributed by atoms with van der Waals surface area (Å²) in [6.45, 7) is 5.91. The predicted molar refractivity (Wildman–Crippen MR) is 148 cm³/mol. The third-order valence-corrected chi connectivity index (χ3v) is 6.97. The Kier molecular flexibility index (Phi) is 10.8. The van der Waals surface area contributed by atoms with Gasteiger partial charge in [0.25, 0.3) is 5.91 Å². The molecule has 1 radical (unpaired) electrons. The van der Waals surface area contributed by atoms with Gasteiger partial charge < -0.3 is 10.6 Å². The van der Waals surface area contributed by atoms with Crippen LogP contribution in [0.2, 0.25) is 0 Å². The molecule has 1 aromatic rings. The maximum atomic E-state index is 12.5. The van der Waals surface area contributed by atoms with Crippen molar-refractivity contribution in [1.29, 1.82) is 0 Å². The third-order valence-electron chi connectivity index (χ3n) is 6.97. The number of hydrogen-bond acceptors (Lipinski definition) is 2. The maximum absolute atomic E-state index is 12.5. The number of nitrogens with one attached hydrogen (secondary N) is 2. The second kappa shape index (κ2) is 14.0. The number of hydrogen-bond donors (Lipinski definition) is 2. The van der Waals surface area contributed by atoms with Crippen molar-refractivity contribution in [2.75, 3.05) is 13.1 Å². The second-order valence-electron chi connectivity index (χ2n) is 9.81. The fourth-order valence-electron chi connectivity index (χ4n) is 4.78. The molecular weight excluding hydrogens is 473 g/mol. The molecule has 1 atom stereocenters. The predicted octanol–water partition coefficient (Wildman–Crippen LogP) is 7.16. The highest BCUT2D eigenvalue weighted by Crippen LogP contribution is 2.35. The number of alkyl halides is 3. The molecular formula is C31H40F3N2O. The molecule has 0 aromatic heterocycles. The van der Waals surface area contributed by atoms with E-state index in [4.69, 9.17) is 6.42 Å². The summed E-state index contributed by atoms with van der Waals surface area (Å²) >= 11 is 0. The molecule has 3 nitrogen and oxygen atoms in total. The number of carbonyl (C=O) groups is 1. The van der Waals surface area contributed by atoms with Crippen LogP contribution in [0, 0.1) is 25.2 Å². The lowest BCUT2D eigenvalue weighted by molar-refractivity contribution is -0.137. The molecule has 1 aliphatic heterocycles. The number of allylic oxidation sites excluding steroid dienone is 6. The van der Waals surface area contributed by atoms with Gasteiger partial charge in [-0.2, -0.15) is 13.2 Å². The van der Waals surface area contributed by atoms with Gasteiger partial charge in [-0.1, -0.05) is 62.8 Å². The summed E-state index contributed by atoms with van der Waals surface area (Å²) in [5.74, 6) is 3.47. The molecule has 1 saturated heterocycles. The minimum atomic E-state index is -4.24. The van der Waals surface area contributed by atoms with Crippen molar-refractivity contribution in [3.05, 3.63) is 89.9 Å². The summed E-state index contributed by atoms with van der Waals surface area (Å²) in [5, 5.41) is 6.22. The molecule has 1 saturated carbocycles. The summed E-state index contributed by atoms with van der Waals surface area (Å²) in [4.78, 5) is 12.1. The van der Waals surface area contributed by atoms with Crippen molar-refractivity contribution in [2.45, 2.75) is 63.1 Å². The lowest BCUT2D eigenvalue weighted by Gasteiger charge is -2.23. The Bertz CT molecular complexity index is 1050. The quantitative estimate of drug-likeness (QED) is 0.421. The first-order valence-electron chi connectivity index (χ1n) is 13.0. The van der Waals surface area contributed by atoms with Gasteiger partial charge in [-0.25, -0.2) is 0 Å². The van der Waals surface area contributed by atoms with E-state index in [-0.39, 0.29) is 14.8 Å². The average Bonchev–Trinajstić information content (AvgIpc) is 3.34.